The normalized spacial score (nSPS) is 28.9. The van der Waals surface area contributed by atoms with Gasteiger partial charge in [0.1, 0.15) is 12.2 Å². The molecule has 1 saturated heterocycles. The number of ether oxygens (including phenoxy) is 3. The third-order valence-corrected chi connectivity index (χ3v) is 28.5. The average molecular weight is 879 g/mol. The summed E-state index contributed by atoms with van der Waals surface area (Å²) in [4.78, 5) is 26.7. The third-order valence-electron chi connectivity index (χ3n) is 14.5. The second-order valence-electron chi connectivity index (χ2n) is 19.9. The second kappa shape index (κ2) is 23.4. The third kappa shape index (κ3) is 15.4. The Hall–Kier alpha value is -1.35. The van der Waals surface area contributed by atoms with Crippen molar-refractivity contribution in [2.45, 2.75) is 240 Å². The van der Waals surface area contributed by atoms with E-state index in [1.807, 2.05) is 19.1 Å². The number of epoxide rings is 1. The van der Waals surface area contributed by atoms with Crippen LogP contribution in [0.3, 0.4) is 0 Å². The molecule has 0 N–H and O–H groups in total. The van der Waals surface area contributed by atoms with E-state index in [1.54, 1.807) is 0 Å². The van der Waals surface area contributed by atoms with Crippen molar-refractivity contribution in [3.63, 3.8) is 0 Å². The summed E-state index contributed by atoms with van der Waals surface area (Å²) in [6.45, 7) is 39.1. The maximum Gasteiger partial charge on any atom is 0.308 e. The first-order valence-corrected chi connectivity index (χ1v) is 31.5. The molecular weight excluding hydrogens is 789 g/mol. The van der Waals surface area contributed by atoms with Crippen LogP contribution < -0.4 is 0 Å². The topological polar surface area (TPSA) is 92.8 Å². The second-order valence-corrected chi connectivity index (χ2v) is 34.1. The van der Waals surface area contributed by atoms with E-state index in [-0.39, 0.29) is 53.7 Å². The van der Waals surface area contributed by atoms with Gasteiger partial charge in [-0.05, 0) is 111 Å². The molecule has 1 fully saturated rings. The number of hydrogen-bond acceptors (Lipinski definition) is 8. The minimum Gasteiger partial charge on any atom is -0.457 e. The van der Waals surface area contributed by atoms with E-state index in [0.717, 1.165) is 54.7 Å². The molecule has 0 amide bonds. The highest BCUT2D eigenvalue weighted by Crippen LogP contribution is 2.42. The van der Waals surface area contributed by atoms with Crippen molar-refractivity contribution in [1.29, 1.82) is 0 Å². The fraction of sp³-hybridized carbons (Fsp3) is 0.833. The Labute approximate surface area is 365 Å². The molecule has 2 rings (SSSR count). The number of hydrogen-bond donors (Lipinski definition) is 0. The number of carbonyl (C=O) groups is 2. The SMILES string of the molecule is CC[C@H](O[Si](CC)(CC)CC)[C@@H](C)[C@H]1O[C@@H]1C[C@H](C)/C=C/C=C(\C)[C@H]1OC(=O)C[C@H](O[Si](C)(C)C(C)(C)C)CC[C@@](C)(O[Si](CC)(CC)CC)[C@@H](OC(C)=O)/C=C/[C@@H]1C. The highest BCUT2D eigenvalue weighted by atomic mass is 28.4. The summed E-state index contributed by atoms with van der Waals surface area (Å²) >= 11 is 0. The summed E-state index contributed by atoms with van der Waals surface area (Å²) in [5.74, 6) is -0.118. The molecule has 0 spiro atoms. The summed E-state index contributed by atoms with van der Waals surface area (Å²) < 4.78 is 40.0. The number of rotatable bonds is 21. The van der Waals surface area contributed by atoms with Crippen molar-refractivity contribution in [2.75, 3.05) is 0 Å². The van der Waals surface area contributed by atoms with Crippen LogP contribution in [0.15, 0.2) is 36.0 Å². The zero-order valence-corrected chi connectivity index (χ0v) is 44.1. The molecule has 59 heavy (non-hydrogen) atoms. The average Bonchev–Trinajstić information content (AvgIpc) is 3.94. The molecule has 342 valence electrons. The van der Waals surface area contributed by atoms with Gasteiger partial charge in [0.15, 0.2) is 25.0 Å². The van der Waals surface area contributed by atoms with Gasteiger partial charge in [0.25, 0.3) is 0 Å². The van der Waals surface area contributed by atoms with Crippen LogP contribution in [0.5, 0.6) is 0 Å². The van der Waals surface area contributed by atoms with Gasteiger partial charge in [-0.15, -0.1) is 0 Å². The van der Waals surface area contributed by atoms with E-state index in [0.29, 0.717) is 24.7 Å². The van der Waals surface area contributed by atoms with Gasteiger partial charge in [-0.2, -0.15) is 0 Å². The van der Waals surface area contributed by atoms with Gasteiger partial charge < -0.3 is 27.5 Å². The van der Waals surface area contributed by atoms with Crippen molar-refractivity contribution < 1.29 is 37.1 Å². The maximum atomic E-state index is 14.0. The lowest BCUT2D eigenvalue weighted by atomic mass is 9.88. The Morgan fingerprint density at radius 1 is 0.949 bits per heavy atom. The zero-order chi connectivity index (χ0) is 45.0. The van der Waals surface area contributed by atoms with E-state index in [1.165, 1.54) is 6.92 Å². The fourth-order valence-corrected chi connectivity index (χ4v) is 16.3. The Morgan fingerprint density at radius 3 is 2.03 bits per heavy atom. The molecule has 0 aromatic heterocycles. The summed E-state index contributed by atoms with van der Waals surface area (Å²) in [5.41, 5.74) is 0.148. The standard InChI is InChI=1S/C48H90O8Si3/c1-19-41(55-58(20-2,21-3)22-4)38(11)46-42(52-46)33-35(8)27-26-28-36(9)45-37(10)29-30-43(51-39(12)49)48(16,56-59(23-5,24-6)25-7)32-31-40(34-44(50)53-45)54-57(17,18)47(13,14)15/h26-30,35,37-38,40-43,45-46H,19-25,31-34H2,1-18H3/b27-26+,30-29+,36-28+/t35-,37+,38-,40-,41+,42-,43+,45-,46-,48-/m1/s1. The van der Waals surface area contributed by atoms with Gasteiger partial charge >= 0.3 is 11.9 Å². The molecule has 8 nitrogen and oxygen atoms in total. The van der Waals surface area contributed by atoms with E-state index in [9.17, 15) is 9.59 Å². The largest absolute Gasteiger partial charge is 0.457 e. The molecular formula is C48H90O8Si3. The quantitative estimate of drug-likeness (QED) is 0.0370. The molecule has 0 aromatic carbocycles. The Bertz CT molecular complexity index is 1380. The number of carbonyl (C=O) groups excluding carboxylic acids is 2. The first-order valence-electron chi connectivity index (χ1n) is 23.5. The van der Waals surface area contributed by atoms with E-state index >= 15 is 0 Å². The van der Waals surface area contributed by atoms with E-state index in [2.05, 4.69) is 128 Å². The predicted molar refractivity (Wildman–Crippen MR) is 253 cm³/mol. The number of allylic oxidation sites excluding steroid dienone is 3. The van der Waals surface area contributed by atoms with Gasteiger partial charge in [0.05, 0.1) is 30.3 Å². The summed E-state index contributed by atoms with van der Waals surface area (Å²) in [6.07, 6.45) is 13.0. The van der Waals surface area contributed by atoms with E-state index in [4.69, 9.17) is 27.5 Å². The van der Waals surface area contributed by atoms with Gasteiger partial charge in [0, 0.05) is 24.9 Å². The lowest BCUT2D eigenvalue weighted by Gasteiger charge is -2.45. The highest BCUT2D eigenvalue weighted by Gasteiger charge is 2.48. The van der Waals surface area contributed by atoms with E-state index < -0.39 is 42.8 Å². The monoisotopic (exact) mass is 879 g/mol. The summed E-state index contributed by atoms with van der Waals surface area (Å²) in [6, 6.07) is 6.40. The first-order chi connectivity index (χ1) is 27.4. The summed E-state index contributed by atoms with van der Waals surface area (Å²) in [7, 11) is -6.12. The smallest absolute Gasteiger partial charge is 0.308 e. The highest BCUT2D eigenvalue weighted by molar-refractivity contribution is 6.74. The summed E-state index contributed by atoms with van der Waals surface area (Å²) in [5, 5.41) is -0.0402. The van der Waals surface area contributed by atoms with Crippen molar-refractivity contribution >= 4 is 36.9 Å². The predicted octanol–water partition coefficient (Wildman–Crippen LogP) is 13.1. The van der Waals surface area contributed by atoms with Crippen LogP contribution >= 0.6 is 0 Å². The first kappa shape index (κ1) is 53.8. The molecule has 2 aliphatic rings. The van der Waals surface area contributed by atoms with Crippen molar-refractivity contribution in [3.05, 3.63) is 36.0 Å². The van der Waals surface area contributed by atoms with Gasteiger partial charge in [-0.25, -0.2) is 0 Å². The molecule has 2 heterocycles. The minimum absolute atomic E-state index is 0.0402. The number of cyclic esters (lactones) is 1. The maximum absolute atomic E-state index is 14.0. The molecule has 0 saturated carbocycles. The van der Waals surface area contributed by atoms with Crippen molar-refractivity contribution in [1.82, 2.24) is 0 Å². The molecule has 11 heteroatoms. The molecule has 0 bridgehead atoms. The van der Waals surface area contributed by atoms with Crippen LogP contribution in [0.4, 0.5) is 0 Å². The lowest BCUT2D eigenvalue weighted by molar-refractivity contribution is -0.155. The molecule has 10 atom stereocenters. The lowest BCUT2D eigenvalue weighted by Crippen LogP contribution is -2.53. The van der Waals surface area contributed by atoms with Gasteiger partial charge in [-0.1, -0.05) is 114 Å². The Balaban J connectivity index is 2.42. The van der Waals surface area contributed by atoms with Crippen LogP contribution in [0.25, 0.3) is 0 Å². The molecule has 0 radical (unpaired) electrons. The Morgan fingerprint density at radius 2 is 1.53 bits per heavy atom. The fourth-order valence-electron chi connectivity index (χ4n) is 8.71. The van der Waals surface area contributed by atoms with Crippen LogP contribution in [0.1, 0.15) is 143 Å². The van der Waals surface area contributed by atoms with Crippen LogP contribution in [-0.4, -0.2) is 79.1 Å². The minimum atomic E-state index is -2.26. The Kier molecular flexibility index (Phi) is 21.3. The van der Waals surface area contributed by atoms with Gasteiger partial charge in [-0.3, -0.25) is 9.59 Å². The van der Waals surface area contributed by atoms with Crippen molar-refractivity contribution in [3.8, 4) is 0 Å². The van der Waals surface area contributed by atoms with Crippen LogP contribution in [0, 0.1) is 17.8 Å². The van der Waals surface area contributed by atoms with Gasteiger partial charge in [0.2, 0.25) is 0 Å². The molecule has 2 aliphatic heterocycles. The molecule has 0 unspecified atom stereocenters. The van der Waals surface area contributed by atoms with Crippen LogP contribution in [-0.2, 0) is 37.1 Å². The molecule has 0 aliphatic carbocycles. The zero-order valence-electron chi connectivity index (χ0n) is 41.1. The number of esters is 2. The van der Waals surface area contributed by atoms with Crippen molar-refractivity contribution in [2.24, 2.45) is 17.8 Å². The van der Waals surface area contributed by atoms with Crippen LogP contribution in [0.2, 0.25) is 54.4 Å². The molecule has 0 aromatic rings.